The van der Waals surface area contributed by atoms with Gasteiger partial charge in [-0.25, -0.2) is 9.59 Å². The highest BCUT2D eigenvalue weighted by molar-refractivity contribution is 7.99. The van der Waals surface area contributed by atoms with Crippen LogP contribution in [0.1, 0.15) is 70.0 Å². The summed E-state index contributed by atoms with van der Waals surface area (Å²) in [7, 11) is 3.20. The molecule has 3 N–H and O–H groups in total. The van der Waals surface area contributed by atoms with Crippen molar-refractivity contribution in [3.63, 3.8) is 0 Å². The number of carbonyl (C=O) groups excluding carboxylic acids is 2. The van der Waals surface area contributed by atoms with Crippen molar-refractivity contribution in [3.05, 3.63) is 41.2 Å². The van der Waals surface area contributed by atoms with E-state index in [4.69, 9.17) is 16.3 Å². The number of hydrogen-bond donors (Lipinski definition) is 3. The van der Waals surface area contributed by atoms with Gasteiger partial charge in [-0.2, -0.15) is 0 Å². The Balaban J connectivity index is 1.45. The predicted octanol–water partition coefficient (Wildman–Crippen LogP) is 5.19. The van der Waals surface area contributed by atoms with Gasteiger partial charge >= 0.3 is 12.1 Å². The number of likely N-dealkylation sites (tertiary alicyclic amines) is 1. The maximum atomic E-state index is 13.9. The number of aliphatic hydroxyl groups is 1. The number of amides is 3. The van der Waals surface area contributed by atoms with E-state index in [1.54, 1.807) is 6.33 Å². The Morgan fingerprint density at radius 3 is 2.75 bits per heavy atom. The number of aryl methyl sites for hydroxylation is 1. The van der Waals surface area contributed by atoms with Gasteiger partial charge in [0.1, 0.15) is 6.33 Å². The van der Waals surface area contributed by atoms with Crippen molar-refractivity contribution in [2.45, 2.75) is 81.7 Å². The van der Waals surface area contributed by atoms with Crippen molar-refractivity contribution < 1.29 is 24.2 Å². The summed E-state index contributed by atoms with van der Waals surface area (Å²) in [5.41, 5.74) is 0.510. The van der Waals surface area contributed by atoms with E-state index in [1.165, 1.54) is 38.1 Å². The van der Waals surface area contributed by atoms with Crippen LogP contribution in [0.15, 0.2) is 35.7 Å². The van der Waals surface area contributed by atoms with Crippen molar-refractivity contribution in [1.29, 1.82) is 0 Å². The number of benzene rings is 1. The normalized spacial score (nSPS) is 21.3. The third kappa shape index (κ3) is 9.73. The van der Waals surface area contributed by atoms with E-state index in [0.29, 0.717) is 29.8 Å². The van der Waals surface area contributed by atoms with Gasteiger partial charge in [0.15, 0.2) is 5.16 Å². The molecule has 4 atom stereocenters. The lowest BCUT2D eigenvalue weighted by atomic mass is 9.74. The summed E-state index contributed by atoms with van der Waals surface area (Å²) < 4.78 is 12.9. The van der Waals surface area contributed by atoms with Crippen molar-refractivity contribution in [3.8, 4) is 0 Å². The van der Waals surface area contributed by atoms with E-state index in [1.807, 2.05) is 40.8 Å². The SMILES string of the molecule is COC(=O)NCCO[C@@H](c1cccc(Cl)c1)[C@]1(C)CCCN(C(=O)N[C@@H](CC2CCCCC2)[C@@H](O)CSc2nncn2C)C1. The fraction of sp³-hybridized carbons (Fsp3) is 0.677. The number of aromatic nitrogens is 3. The molecule has 0 unspecified atom stereocenters. The largest absolute Gasteiger partial charge is 0.453 e. The van der Waals surface area contributed by atoms with E-state index in [9.17, 15) is 14.7 Å². The Morgan fingerprint density at radius 1 is 1.25 bits per heavy atom. The third-order valence-corrected chi connectivity index (χ3v) is 10.2. The molecule has 3 amide bonds. The Bertz CT molecular complexity index is 1210. The van der Waals surface area contributed by atoms with Crippen LogP contribution in [0.5, 0.6) is 0 Å². The number of urea groups is 1. The van der Waals surface area contributed by atoms with Crippen LogP contribution in [0.4, 0.5) is 9.59 Å². The molecular weight excluding hydrogens is 604 g/mol. The molecule has 1 aliphatic carbocycles. The second kappa shape index (κ2) is 16.7. The first-order valence-electron chi connectivity index (χ1n) is 15.6. The number of nitrogens with zero attached hydrogens (tertiary/aromatic N) is 4. The smallest absolute Gasteiger partial charge is 0.406 e. The first-order valence-corrected chi connectivity index (χ1v) is 16.9. The van der Waals surface area contributed by atoms with Crippen molar-refractivity contribution in [2.24, 2.45) is 18.4 Å². The van der Waals surface area contributed by atoms with Gasteiger partial charge in [-0.05, 0) is 42.9 Å². The molecular formula is C31H47ClN6O5S. The Labute approximate surface area is 269 Å². The predicted molar refractivity (Wildman–Crippen MR) is 171 cm³/mol. The number of methoxy groups -OCH3 is 1. The van der Waals surface area contributed by atoms with Crippen molar-refractivity contribution in [2.75, 3.05) is 39.1 Å². The summed E-state index contributed by atoms with van der Waals surface area (Å²) in [5.74, 6) is 0.890. The fourth-order valence-corrected chi connectivity index (χ4v) is 7.56. The number of rotatable bonds is 13. The van der Waals surface area contributed by atoms with Gasteiger partial charge in [0.2, 0.25) is 0 Å². The quantitative estimate of drug-likeness (QED) is 0.200. The molecule has 44 heavy (non-hydrogen) atoms. The second-order valence-electron chi connectivity index (χ2n) is 12.3. The summed E-state index contributed by atoms with van der Waals surface area (Å²) in [6, 6.07) is 7.06. The number of carbonyl (C=O) groups is 2. The average molecular weight is 651 g/mol. The maximum absolute atomic E-state index is 13.9. The van der Waals surface area contributed by atoms with E-state index >= 15 is 0 Å². The zero-order valence-corrected chi connectivity index (χ0v) is 27.6. The molecule has 0 bridgehead atoms. The zero-order valence-electron chi connectivity index (χ0n) is 26.0. The highest BCUT2D eigenvalue weighted by Gasteiger charge is 2.42. The molecule has 2 aliphatic rings. The van der Waals surface area contributed by atoms with Crippen LogP contribution in [0.25, 0.3) is 0 Å². The fourth-order valence-electron chi connectivity index (χ4n) is 6.45. The van der Waals surface area contributed by atoms with E-state index in [-0.39, 0.29) is 31.3 Å². The summed E-state index contributed by atoms with van der Waals surface area (Å²) in [6.07, 6.45) is 8.33. The monoisotopic (exact) mass is 650 g/mol. The lowest BCUT2D eigenvalue weighted by Crippen LogP contribution is -2.55. The second-order valence-corrected chi connectivity index (χ2v) is 13.7. The summed E-state index contributed by atoms with van der Waals surface area (Å²) >= 11 is 7.81. The third-order valence-electron chi connectivity index (χ3n) is 8.78. The molecule has 1 aliphatic heterocycles. The summed E-state index contributed by atoms with van der Waals surface area (Å²) in [6.45, 7) is 3.79. The summed E-state index contributed by atoms with van der Waals surface area (Å²) in [5, 5.41) is 26.6. The Kier molecular flexibility index (Phi) is 13.0. The molecule has 1 saturated carbocycles. The number of hydrogen-bond acceptors (Lipinski definition) is 8. The molecule has 1 saturated heterocycles. The zero-order chi connectivity index (χ0) is 31.5. The number of thioether (sulfide) groups is 1. The number of alkyl carbamates (subject to hydrolysis) is 1. The van der Waals surface area contributed by atoms with Gasteiger partial charge in [0.25, 0.3) is 0 Å². The van der Waals surface area contributed by atoms with Crippen LogP contribution in [0.3, 0.4) is 0 Å². The van der Waals surface area contributed by atoms with E-state index in [2.05, 4.69) is 32.5 Å². The van der Waals surface area contributed by atoms with Crippen LogP contribution in [0.2, 0.25) is 5.02 Å². The standard InChI is InChI=1S/C31H47ClN6O5S/c1-31(27(23-11-7-12-24(32)18-23)43-16-14-33-30(41)42-3)13-8-15-38(20-31)28(40)35-25(17-22-9-5-4-6-10-22)26(39)19-44-29-36-34-21-37(29)2/h7,11-12,18,21-22,25-27,39H,4-6,8-10,13-17,19-20H2,1-3H3,(H,33,41)(H,35,40)/t25-,26-,27-,31+/m0/s1. The minimum absolute atomic E-state index is 0.170. The Morgan fingerprint density at radius 2 is 2.05 bits per heavy atom. The average Bonchev–Trinajstić information content (AvgIpc) is 3.43. The van der Waals surface area contributed by atoms with Gasteiger partial charge in [-0.3, -0.25) is 0 Å². The Hall–Kier alpha value is -2.54. The number of aliphatic hydroxyl groups excluding tert-OH is 1. The van der Waals surface area contributed by atoms with Gasteiger partial charge in [0, 0.05) is 42.9 Å². The van der Waals surface area contributed by atoms with E-state index in [0.717, 1.165) is 42.8 Å². The molecule has 0 radical (unpaired) electrons. The van der Waals surface area contributed by atoms with Crippen LogP contribution >= 0.6 is 23.4 Å². The molecule has 4 rings (SSSR count). The van der Waals surface area contributed by atoms with Crippen molar-refractivity contribution in [1.82, 2.24) is 30.3 Å². The first-order chi connectivity index (χ1) is 21.2. The van der Waals surface area contributed by atoms with E-state index < -0.39 is 17.6 Å². The molecule has 244 valence electrons. The first kappa shape index (κ1) is 34.3. The van der Waals surface area contributed by atoms with Crippen LogP contribution in [-0.4, -0.2) is 88.1 Å². The number of piperidine rings is 1. The van der Waals surface area contributed by atoms with Gasteiger partial charge in [-0.15, -0.1) is 10.2 Å². The van der Waals surface area contributed by atoms with Crippen LogP contribution in [0, 0.1) is 11.3 Å². The highest BCUT2D eigenvalue weighted by atomic mass is 35.5. The molecule has 2 aromatic rings. The van der Waals surface area contributed by atoms with Gasteiger partial charge in [0.05, 0.1) is 32.0 Å². The topological polar surface area (TPSA) is 131 Å². The number of ether oxygens (including phenoxy) is 2. The van der Waals surface area contributed by atoms with Gasteiger partial charge in [-0.1, -0.05) is 74.5 Å². The molecule has 0 spiro atoms. The van der Waals surface area contributed by atoms with Crippen LogP contribution in [-0.2, 0) is 16.5 Å². The molecule has 1 aromatic heterocycles. The lowest BCUT2D eigenvalue weighted by molar-refractivity contribution is -0.0614. The minimum Gasteiger partial charge on any atom is -0.453 e. The van der Waals surface area contributed by atoms with Crippen LogP contribution < -0.4 is 10.6 Å². The molecule has 2 heterocycles. The van der Waals surface area contributed by atoms with Gasteiger partial charge < -0.3 is 34.7 Å². The van der Waals surface area contributed by atoms with Crippen molar-refractivity contribution >= 4 is 35.5 Å². The number of halogens is 1. The summed E-state index contributed by atoms with van der Waals surface area (Å²) in [4.78, 5) is 27.3. The highest BCUT2D eigenvalue weighted by Crippen LogP contribution is 2.44. The maximum Gasteiger partial charge on any atom is 0.406 e. The molecule has 11 nitrogen and oxygen atoms in total. The molecule has 1 aromatic carbocycles. The lowest BCUT2D eigenvalue weighted by Gasteiger charge is -2.45. The molecule has 13 heteroatoms. The minimum atomic E-state index is -0.733. The number of nitrogens with one attached hydrogen (secondary N) is 2. The molecule has 2 fully saturated rings.